The Labute approximate surface area is 252 Å². The predicted octanol–water partition coefficient (Wildman–Crippen LogP) is 6.94. The normalized spacial score (nSPS) is 13.3. The van der Waals surface area contributed by atoms with Crippen LogP contribution in [0.4, 0.5) is 5.00 Å². The Kier molecular flexibility index (Phi) is 8.34. The maximum Gasteiger partial charge on any atom is 0.341 e. The third-order valence-corrected chi connectivity index (χ3v) is 9.74. The number of nitrogens with zero attached hydrogens (tertiary/aromatic N) is 4. The lowest BCUT2D eigenvalue weighted by molar-refractivity contribution is -0.113. The molecule has 214 valence electrons. The summed E-state index contributed by atoms with van der Waals surface area (Å²) in [6.45, 7) is 0. The Morgan fingerprint density at radius 2 is 1.76 bits per heavy atom. The molecule has 1 aliphatic carbocycles. The largest absolute Gasteiger partial charge is 0.465 e. The van der Waals surface area contributed by atoms with Crippen LogP contribution in [0.3, 0.4) is 0 Å². The van der Waals surface area contributed by atoms with E-state index >= 15 is 0 Å². The SMILES string of the molecule is COC(=O)c1c(NC(=O)CSc2nnc(-c3cc(-c4ccccc4)nc4ccccc34)n2C)sc2c1CCCCCC2. The number of esters is 1. The number of amides is 1. The Bertz CT molecular complexity index is 1760. The molecule has 8 nitrogen and oxygen atoms in total. The van der Waals surface area contributed by atoms with E-state index < -0.39 is 5.97 Å². The standard InChI is InChI=1S/C32H31N5O3S2/c1-37-29(23-18-25(20-12-6-5-7-13-20)33-24-16-11-10-14-21(23)24)35-36-32(37)41-19-27(38)34-30-28(31(39)40-2)22-15-8-3-4-9-17-26(22)42-30/h5-7,10-14,16,18H,3-4,8-9,15,17,19H2,1-2H3,(H,34,38). The Morgan fingerprint density at radius 3 is 2.57 bits per heavy atom. The van der Waals surface area contributed by atoms with Gasteiger partial charge in [0, 0.05) is 28.4 Å². The quantitative estimate of drug-likeness (QED) is 0.160. The van der Waals surface area contributed by atoms with Crippen LogP contribution in [0, 0.1) is 0 Å². The highest BCUT2D eigenvalue weighted by molar-refractivity contribution is 7.99. The third kappa shape index (κ3) is 5.69. The van der Waals surface area contributed by atoms with Gasteiger partial charge in [-0.05, 0) is 43.4 Å². The molecule has 0 radical (unpaired) electrons. The van der Waals surface area contributed by atoms with E-state index in [1.165, 1.54) is 41.5 Å². The number of para-hydroxylation sites is 1. The average molecular weight is 598 g/mol. The predicted molar refractivity (Wildman–Crippen MR) is 168 cm³/mol. The molecule has 5 aromatic rings. The van der Waals surface area contributed by atoms with Crippen LogP contribution in [-0.4, -0.2) is 44.5 Å². The fraction of sp³-hybridized carbons (Fsp3) is 0.281. The number of thiophene rings is 1. The van der Waals surface area contributed by atoms with Crippen molar-refractivity contribution in [2.45, 2.75) is 43.7 Å². The number of pyridine rings is 1. The van der Waals surface area contributed by atoms with Gasteiger partial charge in [0.1, 0.15) is 5.00 Å². The van der Waals surface area contributed by atoms with Gasteiger partial charge in [-0.1, -0.05) is 73.1 Å². The summed E-state index contributed by atoms with van der Waals surface area (Å²) in [5.74, 6) is 0.222. The molecule has 0 saturated heterocycles. The molecule has 6 rings (SSSR count). The molecule has 42 heavy (non-hydrogen) atoms. The molecule has 0 unspecified atom stereocenters. The zero-order chi connectivity index (χ0) is 29.1. The molecular formula is C32H31N5O3S2. The number of benzene rings is 2. The summed E-state index contributed by atoms with van der Waals surface area (Å²) < 4.78 is 7.01. The summed E-state index contributed by atoms with van der Waals surface area (Å²) in [5.41, 5.74) is 5.21. The number of rotatable bonds is 7. The summed E-state index contributed by atoms with van der Waals surface area (Å²) in [5, 5.41) is 14.1. The van der Waals surface area contributed by atoms with E-state index in [1.54, 1.807) is 0 Å². The molecular weight excluding hydrogens is 567 g/mol. The summed E-state index contributed by atoms with van der Waals surface area (Å²) in [6.07, 6.45) is 6.21. The summed E-state index contributed by atoms with van der Waals surface area (Å²) in [7, 11) is 3.29. The minimum Gasteiger partial charge on any atom is -0.465 e. The number of nitrogens with one attached hydrogen (secondary N) is 1. The molecule has 3 aromatic heterocycles. The number of carbonyl (C=O) groups excluding carboxylic acids is 2. The minimum atomic E-state index is -0.395. The van der Waals surface area contributed by atoms with E-state index in [4.69, 9.17) is 9.72 Å². The van der Waals surface area contributed by atoms with Crippen molar-refractivity contribution in [1.29, 1.82) is 0 Å². The van der Waals surface area contributed by atoms with Crippen molar-refractivity contribution in [2.75, 3.05) is 18.2 Å². The lowest BCUT2D eigenvalue weighted by atomic mass is 9.96. The van der Waals surface area contributed by atoms with Crippen molar-refractivity contribution in [1.82, 2.24) is 19.7 Å². The van der Waals surface area contributed by atoms with Gasteiger partial charge >= 0.3 is 5.97 Å². The van der Waals surface area contributed by atoms with Crippen LogP contribution in [0.15, 0.2) is 65.8 Å². The molecule has 0 fully saturated rings. The van der Waals surface area contributed by atoms with Gasteiger partial charge in [-0.25, -0.2) is 9.78 Å². The second-order valence-corrected chi connectivity index (χ2v) is 12.3. The van der Waals surface area contributed by atoms with Gasteiger partial charge in [0.25, 0.3) is 0 Å². The van der Waals surface area contributed by atoms with Crippen LogP contribution in [-0.2, 0) is 29.4 Å². The minimum absolute atomic E-state index is 0.126. The van der Waals surface area contributed by atoms with Crippen LogP contribution in [0.5, 0.6) is 0 Å². The molecule has 0 bridgehead atoms. The molecule has 1 N–H and O–H groups in total. The molecule has 0 atom stereocenters. The van der Waals surface area contributed by atoms with Gasteiger partial charge in [0.15, 0.2) is 11.0 Å². The topological polar surface area (TPSA) is 99.0 Å². The van der Waals surface area contributed by atoms with Crippen molar-refractivity contribution in [3.05, 3.63) is 76.7 Å². The van der Waals surface area contributed by atoms with E-state index in [1.807, 2.05) is 72.3 Å². The summed E-state index contributed by atoms with van der Waals surface area (Å²) in [4.78, 5) is 31.9. The Morgan fingerprint density at radius 1 is 1.00 bits per heavy atom. The van der Waals surface area contributed by atoms with Crippen LogP contribution >= 0.6 is 23.1 Å². The lowest BCUT2D eigenvalue weighted by Crippen LogP contribution is -2.16. The van der Waals surface area contributed by atoms with E-state index in [0.29, 0.717) is 21.5 Å². The zero-order valence-corrected chi connectivity index (χ0v) is 25.2. The lowest BCUT2D eigenvalue weighted by Gasteiger charge is -2.11. The number of thioether (sulfide) groups is 1. The van der Waals surface area contributed by atoms with Crippen molar-refractivity contribution in [3.8, 4) is 22.6 Å². The number of carbonyl (C=O) groups is 2. The number of methoxy groups -OCH3 is 1. The van der Waals surface area contributed by atoms with Gasteiger partial charge < -0.3 is 14.6 Å². The highest BCUT2D eigenvalue weighted by Gasteiger charge is 2.26. The maximum absolute atomic E-state index is 13.1. The monoisotopic (exact) mass is 597 g/mol. The third-order valence-electron chi connectivity index (χ3n) is 7.51. The van der Waals surface area contributed by atoms with Crippen LogP contribution in [0.25, 0.3) is 33.5 Å². The maximum atomic E-state index is 13.1. The van der Waals surface area contributed by atoms with Crippen LogP contribution in [0.1, 0.15) is 46.5 Å². The number of hydrogen-bond donors (Lipinski definition) is 1. The van der Waals surface area contributed by atoms with E-state index in [2.05, 4.69) is 15.5 Å². The van der Waals surface area contributed by atoms with E-state index in [-0.39, 0.29) is 11.7 Å². The smallest absolute Gasteiger partial charge is 0.341 e. The molecule has 1 aliphatic rings. The average Bonchev–Trinajstić information content (AvgIpc) is 3.53. The van der Waals surface area contributed by atoms with Crippen molar-refractivity contribution in [3.63, 3.8) is 0 Å². The van der Waals surface area contributed by atoms with E-state index in [0.717, 1.165) is 65.4 Å². The van der Waals surface area contributed by atoms with Gasteiger partial charge in [-0.15, -0.1) is 21.5 Å². The van der Waals surface area contributed by atoms with Gasteiger partial charge in [0.05, 0.1) is 29.6 Å². The molecule has 1 amide bonds. The van der Waals surface area contributed by atoms with E-state index in [9.17, 15) is 9.59 Å². The molecule has 0 spiro atoms. The summed E-state index contributed by atoms with van der Waals surface area (Å²) in [6, 6.07) is 20.1. The van der Waals surface area contributed by atoms with Crippen LogP contribution in [0.2, 0.25) is 0 Å². The Balaban J connectivity index is 1.24. The van der Waals surface area contributed by atoms with Gasteiger partial charge in [-0.3, -0.25) is 4.79 Å². The second-order valence-electron chi connectivity index (χ2n) is 10.3. The number of fused-ring (bicyclic) bond motifs is 2. The van der Waals surface area contributed by atoms with Gasteiger partial charge in [0.2, 0.25) is 5.91 Å². The first-order valence-electron chi connectivity index (χ1n) is 14.0. The molecule has 10 heteroatoms. The fourth-order valence-electron chi connectivity index (χ4n) is 5.41. The van der Waals surface area contributed by atoms with Crippen LogP contribution < -0.4 is 5.32 Å². The second kappa shape index (κ2) is 12.5. The first kappa shape index (κ1) is 28.1. The zero-order valence-electron chi connectivity index (χ0n) is 23.6. The molecule has 3 heterocycles. The van der Waals surface area contributed by atoms with Crippen molar-refractivity contribution < 1.29 is 14.3 Å². The number of anilines is 1. The fourth-order valence-corrected chi connectivity index (χ4v) is 7.42. The highest BCUT2D eigenvalue weighted by Crippen LogP contribution is 2.38. The Hall–Kier alpha value is -4.02. The number of hydrogen-bond acceptors (Lipinski definition) is 8. The molecule has 2 aromatic carbocycles. The van der Waals surface area contributed by atoms with Crippen molar-refractivity contribution in [2.24, 2.45) is 7.05 Å². The van der Waals surface area contributed by atoms with Crippen molar-refractivity contribution >= 4 is 50.9 Å². The first-order chi connectivity index (χ1) is 20.5. The van der Waals surface area contributed by atoms with Gasteiger partial charge in [-0.2, -0.15) is 0 Å². The molecule has 0 aliphatic heterocycles. The number of aromatic nitrogens is 4. The molecule has 0 saturated carbocycles. The first-order valence-corrected chi connectivity index (χ1v) is 15.8. The number of aryl methyl sites for hydroxylation is 1. The summed E-state index contributed by atoms with van der Waals surface area (Å²) >= 11 is 2.81. The highest BCUT2D eigenvalue weighted by atomic mass is 32.2. The number of ether oxygens (including phenoxy) is 1.